The van der Waals surface area contributed by atoms with E-state index in [1.165, 1.54) is 10.1 Å². The van der Waals surface area contributed by atoms with E-state index in [0.29, 0.717) is 15.7 Å². The number of nitrogens with one attached hydrogen (secondary N) is 2. The molecule has 1 amide bonds. The molecule has 0 spiro atoms. The SMILES string of the molecule is CCn1c2ccccc2c2cc(NC(=O)CCn3c(=S)[nH]c4ccccc4c3=O)ccc21. The van der Waals surface area contributed by atoms with Crippen molar-refractivity contribution in [2.75, 3.05) is 5.32 Å². The van der Waals surface area contributed by atoms with Crippen LogP contribution in [0, 0.1) is 4.77 Å². The Bertz CT molecular complexity index is 1610. The van der Waals surface area contributed by atoms with Crippen LogP contribution in [0.3, 0.4) is 0 Å². The molecule has 0 saturated heterocycles. The molecule has 7 heteroatoms. The number of carbonyl (C=O) groups is 1. The van der Waals surface area contributed by atoms with Crippen molar-refractivity contribution in [3.8, 4) is 0 Å². The Kier molecular flexibility index (Phi) is 5.11. The minimum atomic E-state index is -0.189. The summed E-state index contributed by atoms with van der Waals surface area (Å²) in [5, 5.41) is 5.79. The number of H-pyrrole nitrogens is 1. The van der Waals surface area contributed by atoms with E-state index >= 15 is 0 Å². The van der Waals surface area contributed by atoms with Gasteiger partial charge in [0.1, 0.15) is 0 Å². The quantitative estimate of drug-likeness (QED) is 0.367. The maximum Gasteiger partial charge on any atom is 0.262 e. The van der Waals surface area contributed by atoms with Crippen molar-refractivity contribution >= 4 is 56.5 Å². The maximum absolute atomic E-state index is 12.8. The van der Waals surface area contributed by atoms with Crippen LogP contribution in [-0.2, 0) is 17.9 Å². The van der Waals surface area contributed by atoms with Gasteiger partial charge in [-0.1, -0.05) is 30.3 Å². The van der Waals surface area contributed by atoms with Crippen LogP contribution < -0.4 is 10.9 Å². The predicted octanol–water partition coefficient (Wildman–Crippen LogP) is 5.22. The molecule has 0 saturated carbocycles. The van der Waals surface area contributed by atoms with E-state index in [1.54, 1.807) is 6.07 Å². The van der Waals surface area contributed by atoms with Crippen LogP contribution in [0.1, 0.15) is 13.3 Å². The van der Waals surface area contributed by atoms with Gasteiger partial charge in [-0.15, -0.1) is 0 Å². The second kappa shape index (κ2) is 8.09. The van der Waals surface area contributed by atoms with Gasteiger partial charge in [0.15, 0.2) is 4.77 Å². The lowest BCUT2D eigenvalue weighted by atomic mass is 10.1. The molecule has 32 heavy (non-hydrogen) atoms. The zero-order valence-corrected chi connectivity index (χ0v) is 18.4. The Labute approximate surface area is 189 Å². The Morgan fingerprint density at radius 2 is 1.66 bits per heavy atom. The lowest BCUT2D eigenvalue weighted by Crippen LogP contribution is -2.25. The third-order valence-electron chi connectivity index (χ3n) is 5.82. The van der Waals surface area contributed by atoms with Gasteiger partial charge in [0.2, 0.25) is 5.91 Å². The van der Waals surface area contributed by atoms with E-state index in [9.17, 15) is 9.59 Å². The number of amides is 1. The van der Waals surface area contributed by atoms with Crippen molar-refractivity contribution in [3.63, 3.8) is 0 Å². The minimum Gasteiger partial charge on any atom is -0.341 e. The number of carbonyl (C=O) groups excluding carboxylic acids is 1. The highest BCUT2D eigenvalue weighted by Gasteiger charge is 2.12. The molecule has 0 fully saturated rings. The number of aryl methyl sites for hydroxylation is 1. The van der Waals surface area contributed by atoms with Crippen LogP contribution in [0.25, 0.3) is 32.7 Å². The monoisotopic (exact) mass is 442 g/mol. The molecular formula is C25H22N4O2S. The van der Waals surface area contributed by atoms with E-state index in [0.717, 1.165) is 28.5 Å². The second-order valence-corrected chi connectivity index (χ2v) is 8.11. The molecule has 5 aromatic rings. The number of aromatic nitrogens is 3. The van der Waals surface area contributed by atoms with E-state index in [2.05, 4.69) is 33.9 Å². The van der Waals surface area contributed by atoms with E-state index in [1.807, 2.05) is 48.5 Å². The van der Waals surface area contributed by atoms with E-state index < -0.39 is 0 Å². The summed E-state index contributed by atoms with van der Waals surface area (Å²) in [4.78, 5) is 28.5. The molecule has 0 bridgehead atoms. The molecule has 0 aliphatic rings. The van der Waals surface area contributed by atoms with Crippen molar-refractivity contribution in [2.24, 2.45) is 0 Å². The highest BCUT2D eigenvalue weighted by molar-refractivity contribution is 7.71. The van der Waals surface area contributed by atoms with Gasteiger partial charge >= 0.3 is 0 Å². The highest BCUT2D eigenvalue weighted by atomic mass is 32.1. The lowest BCUT2D eigenvalue weighted by Gasteiger charge is -2.09. The van der Waals surface area contributed by atoms with Gasteiger partial charge in [-0.2, -0.15) is 0 Å². The summed E-state index contributed by atoms with van der Waals surface area (Å²) in [6.07, 6.45) is 0.143. The molecule has 3 aromatic carbocycles. The minimum absolute atomic E-state index is 0.143. The summed E-state index contributed by atoms with van der Waals surface area (Å²) in [5.74, 6) is -0.168. The van der Waals surface area contributed by atoms with Crippen LogP contribution in [0.15, 0.2) is 71.5 Å². The number of benzene rings is 3. The highest BCUT2D eigenvalue weighted by Crippen LogP contribution is 2.31. The van der Waals surface area contributed by atoms with Gasteiger partial charge in [0, 0.05) is 47.0 Å². The van der Waals surface area contributed by atoms with Gasteiger partial charge in [0.05, 0.1) is 10.9 Å². The number of hydrogen-bond acceptors (Lipinski definition) is 3. The average molecular weight is 443 g/mol. The van der Waals surface area contributed by atoms with Gasteiger partial charge in [-0.05, 0) is 55.5 Å². The number of fused-ring (bicyclic) bond motifs is 4. The molecule has 0 unspecified atom stereocenters. The van der Waals surface area contributed by atoms with Crippen molar-refractivity contribution in [1.29, 1.82) is 0 Å². The number of aromatic amines is 1. The topological polar surface area (TPSA) is 71.8 Å². The van der Waals surface area contributed by atoms with Crippen LogP contribution in [0.5, 0.6) is 0 Å². The van der Waals surface area contributed by atoms with Crippen LogP contribution in [0.4, 0.5) is 5.69 Å². The molecule has 6 nitrogen and oxygen atoms in total. The normalized spacial score (nSPS) is 11.4. The Morgan fingerprint density at radius 1 is 0.938 bits per heavy atom. The summed E-state index contributed by atoms with van der Waals surface area (Å²) < 4.78 is 4.02. The molecule has 160 valence electrons. The molecule has 2 heterocycles. The fourth-order valence-corrected chi connectivity index (χ4v) is 4.60. The molecular weight excluding hydrogens is 420 g/mol. The van der Waals surface area contributed by atoms with Crippen molar-refractivity contribution in [1.82, 2.24) is 14.1 Å². The standard InChI is InChI=1S/C25H22N4O2S/c1-2-28-21-10-6-4-7-17(21)19-15-16(11-12-22(19)28)26-23(30)13-14-29-24(31)18-8-3-5-9-20(18)27-25(29)32/h3-12,15H,2,13-14H2,1H3,(H,26,30)(H,27,32). The molecule has 5 rings (SSSR count). The molecule has 2 N–H and O–H groups in total. The summed E-state index contributed by atoms with van der Waals surface area (Å²) in [6.45, 7) is 3.21. The van der Waals surface area contributed by atoms with Crippen LogP contribution in [0.2, 0.25) is 0 Å². The lowest BCUT2D eigenvalue weighted by molar-refractivity contribution is -0.116. The number of rotatable bonds is 5. The zero-order chi connectivity index (χ0) is 22.2. The smallest absolute Gasteiger partial charge is 0.262 e. The van der Waals surface area contributed by atoms with Gasteiger partial charge in [-0.3, -0.25) is 14.2 Å². The summed E-state index contributed by atoms with van der Waals surface area (Å²) in [5.41, 5.74) is 3.56. The van der Waals surface area contributed by atoms with E-state index in [-0.39, 0.29) is 24.4 Å². The average Bonchev–Trinajstić information content (AvgIpc) is 3.12. The van der Waals surface area contributed by atoms with Crippen LogP contribution >= 0.6 is 12.2 Å². The van der Waals surface area contributed by atoms with Crippen molar-refractivity contribution < 1.29 is 4.79 Å². The number of anilines is 1. The number of hydrogen-bond donors (Lipinski definition) is 2. The first-order valence-electron chi connectivity index (χ1n) is 10.6. The Morgan fingerprint density at radius 3 is 2.47 bits per heavy atom. The largest absolute Gasteiger partial charge is 0.341 e. The molecule has 0 atom stereocenters. The van der Waals surface area contributed by atoms with Gasteiger partial charge in [-0.25, -0.2) is 0 Å². The maximum atomic E-state index is 12.8. The Balaban J connectivity index is 1.39. The zero-order valence-electron chi connectivity index (χ0n) is 17.6. The first kappa shape index (κ1) is 20.2. The number of para-hydroxylation sites is 2. The number of nitrogens with zero attached hydrogens (tertiary/aromatic N) is 2. The van der Waals surface area contributed by atoms with Gasteiger partial charge in [0.25, 0.3) is 5.56 Å². The molecule has 0 radical (unpaired) electrons. The molecule has 0 aliphatic heterocycles. The summed E-state index contributed by atoms with van der Waals surface area (Å²) in [7, 11) is 0. The predicted molar refractivity (Wildman–Crippen MR) is 132 cm³/mol. The third-order valence-corrected chi connectivity index (χ3v) is 6.15. The molecule has 2 aromatic heterocycles. The van der Waals surface area contributed by atoms with Gasteiger partial charge < -0.3 is 14.9 Å². The fourth-order valence-electron chi connectivity index (χ4n) is 4.31. The van der Waals surface area contributed by atoms with E-state index in [4.69, 9.17) is 12.2 Å². The second-order valence-electron chi connectivity index (χ2n) is 7.72. The first-order chi connectivity index (χ1) is 15.6. The summed E-state index contributed by atoms with van der Waals surface area (Å²) >= 11 is 5.33. The van der Waals surface area contributed by atoms with Crippen molar-refractivity contribution in [2.45, 2.75) is 26.4 Å². The first-order valence-corrected chi connectivity index (χ1v) is 11.0. The Hall–Kier alpha value is -3.71. The third kappa shape index (κ3) is 3.40. The fraction of sp³-hybridized carbons (Fsp3) is 0.160. The molecule has 0 aliphatic carbocycles. The summed E-state index contributed by atoms with van der Waals surface area (Å²) in [6, 6.07) is 21.5. The van der Waals surface area contributed by atoms with Crippen LogP contribution in [-0.4, -0.2) is 20.0 Å². The van der Waals surface area contributed by atoms with Crippen molar-refractivity contribution in [3.05, 3.63) is 81.9 Å².